The normalized spacial score (nSPS) is 15.6. The average molecular weight is 412 g/mol. The summed E-state index contributed by atoms with van der Waals surface area (Å²) in [7, 11) is 0. The monoisotopic (exact) mass is 412 g/mol. The Balaban J connectivity index is 1.58. The number of imide groups is 1. The fourth-order valence-electron chi connectivity index (χ4n) is 3.06. The molecule has 0 spiro atoms. The summed E-state index contributed by atoms with van der Waals surface area (Å²) in [6.07, 6.45) is -0.709. The second kappa shape index (κ2) is 8.86. The molecule has 8 heteroatoms. The zero-order valence-electron chi connectivity index (χ0n) is 16.6. The molecule has 1 fully saturated rings. The van der Waals surface area contributed by atoms with E-state index in [4.69, 9.17) is 4.74 Å². The van der Waals surface area contributed by atoms with E-state index in [2.05, 4.69) is 5.32 Å². The van der Waals surface area contributed by atoms with E-state index in [0.29, 0.717) is 11.3 Å². The Morgan fingerprint density at radius 2 is 1.53 bits per heavy atom. The zero-order valence-corrected chi connectivity index (χ0v) is 16.6. The number of carbonyl (C=O) groups excluding carboxylic acids is 4. The Morgan fingerprint density at radius 3 is 2.10 bits per heavy atom. The molecule has 0 aromatic heterocycles. The summed E-state index contributed by atoms with van der Waals surface area (Å²) in [6.45, 7) is 3.18. The van der Waals surface area contributed by atoms with Crippen LogP contribution in [0.5, 0.6) is 0 Å². The molecular formula is C22H21FN2O5. The van der Waals surface area contributed by atoms with Crippen molar-refractivity contribution in [2.24, 2.45) is 0 Å². The van der Waals surface area contributed by atoms with Crippen molar-refractivity contribution in [3.05, 3.63) is 65.5 Å². The molecule has 1 heterocycles. The number of halogens is 1. The number of nitrogens with zero attached hydrogens (tertiary/aromatic N) is 1. The summed E-state index contributed by atoms with van der Waals surface area (Å²) in [5, 5.41) is 2.71. The van der Waals surface area contributed by atoms with Crippen LogP contribution in [0.3, 0.4) is 0 Å². The zero-order chi connectivity index (χ0) is 21.8. The molecule has 1 aliphatic heterocycles. The molecule has 2 atom stereocenters. The largest absolute Gasteiger partial charge is 0.449 e. The maximum absolute atomic E-state index is 13.0. The minimum atomic E-state index is -1.05. The second-order valence-corrected chi connectivity index (χ2v) is 7.00. The van der Waals surface area contributed by atoms with Crippen molar-refractivity contribution >= 4 is 29.4 Å². The highest BCUT2D eigenvalue weighted by atomic mass is 19.1. The van der Waals surface area contributed by atoms with E-state index in [0.717, 1.165) is 4.90 Å². The third-order valence-electron chi connectivity index (χ3n) is 4.79. The molecule has 30 heavy (non-hydrogen) atoms. The lowest BCUT2D eigenvalue weighted by atomic mass is 10.1. The first-order valence-electron chi connectivity index (χ1n) is 9.49. The van der Waals surface area contributed by atoms with Gasteiger partial charge in [-0.05, 0) is 55.8 Å². The fourth-order valence-corrected chi connectivity index (χ4v) is 3.06. The van der Waals surface area contributed by atoms with Crippen LogP contribution in [0.25, 0.3) is 0 Å². The van der Waals surface area contributed by atoms with Gasteiger partial charge in [0.1, 0.15) is 5.82 Å². The van der Waals surface area contributed by atoms with E-state index < -0.39 is 24.0 Å². The molecule has 2 unspecified atom stereocenters. The highest BCUT2D eigenvalue weighted by molar-refractivity contribution is 6.19. The lowest BCUT2D eigenvalue weighted by Crippen LogP contribution is -2.37. The van der Waals surface area contributed by atoms with Crippen molar-refractivity contribution in [3.8, 4) is 0 Å². The number of ether oxygens (including phenoxy) is 1. The van der Waals surface area contributed by atoms with Crippen LogP contribution in [-0.4, -0.2) is 29.8 Å². The Hall–Kier alpha value is -3.55. The molecule has 1 N–H and O–H groups in total. The molecule has 0 bridgehead atoms. The Kier molecular flexibility index (Phi) is 6.25. The summed E-state index contributed by atoms with van der Waals surface area (Å²) in [6, 6.07) is 11.2. The third-order valence-corrected chi connectivity index (χ3v) is 4.79. The highest BCUT2D eigenvalue weighted by Crippen LogP contribution is 2.23. The third kappa shape index (κ3) is 4.71. The van der Waals surface area contributed by atoms with Crippen molar-refractivity contribution in [2.45, 2.75) is 38.8 Å². The van der Waals surface area contributed by atoms with Gasteiger partial charge in [-0.15, -0.1) is 0 Å². The molecule has 0 saturated carbocycles. The minimum absolute atomic E-state index is 0.172. The quantitative estimate of drug-likeness (QED) is 0.582. The van der Waals surface area contributed by atoms with Crippen LogP contribution in [0.1, 0.15) is 48.7 Å². The molecular weight excluding hydrogens is 391 g/mol. The van der Waals surface area contributed by atoms with Gasteiger partial charge >= 0.3 is 5.97 Å². The van der Waals surface area contributed by atoms with Gasteiger partial charge in [0.25, 0.3) is 5.91 Å². The first kappa shape index (κ1) is 21.2. The summed E-state index contributed by atoms with van der Waals surface area (Å²) in [5.74, 6) is -2.14. The number of rotatable bonds is 6. The molecule has 3 rings (SSSR count). The van der Waals surface area contributed by atoms with Gasteiger partial charge in [0.05, 0.1) is 17.3 Å². The van der Waals surface area contributed by atoms with Crippen LogP contribution in [0.4, 0.5) is 10.1 Å². The number of amides is 3. The van der Waals surface area contributed by atoms with E-state index in [1.165, 1.54) is 43.3 Å². The van der Waals surface area contributed by atoms with Crippen LogP contribution < -0.4 is 10.2 Å². The molecule has 156 valence electrons. The van der Waals surface area contributed by atoms with Crippen LogP contribution in [0.2, 0.25) is 0 Å². The van der Waals surface area contributed by atoms with Crippen molar-refractivity contribution in [2.75, 3.05) is 4.90 Å². The lowest BCUT2D eigenvalue weighted by molar-refractivity contribution is -0.129. The predicted octanol–water partition coefficient (Wildman–Crippen LogP) is 2.90. The maximum atomic E-state index is 13.0. The number of nitrogens with one attached hydrogen (secondary N) is 1. The van der Waals surface area contributed by atoms with E-state index in [1.54, 1.807) is 19.1 Å². The fraction of sp³-hybridized carbons (Fsp3) is 0.273. The van der Waals surface area contributed by atoms with Crippen molar-refractivity contribution in [1.82, 2.24) is 5.32 Å². The number of hydrogen-bond acceptors (Lipinski definition) is 5. The summed E-state index contributed by atoms with van der Waals surface area (Å²) in [4.78, 5) is 49.3. The Morgan fingerprint density at radius 1 is 0.967 bits per heavy atom. The van der Waals surface area contributed by atoms with E-state index >= 15 is 0 Å². The van der Waals surface area contributed by atoms with Gasteiger partial charge in [0, 0.05) is 12.8 Å². The first-order valence-corrected chi connectivity index (χ1v) is 9.49. The summed E-state index contributed by atoms with van der Waals surface area (Å²) >= 11 is 0. The Labute approximate surface area is 172 Å². The van der Waals surface area contributed by atoms with Gasteiger partial charge in [0.2, 0.25) is 11.8 Å². The number of benzene rings is 2. The number of carbonyl (C=O) groups is 4. The molecule has 0 aliphatic carbocycles. The molecule has 2 aromatic rings. The van der Waals surface area contributed by atoms with Crippen LogP contribution in [0.15, 0.2) is 48.5 Å². The van der Waals surface area contributed by atoms with Crippen molar-refractivity contribution in [3.63, 3.8) is 0 Å². The average Bonchev–Trinajstić information content (AvgIpc) is 3.06. The summed E-state index contributed by atoms with van der Waals surface area (Å²) < 4.78 is 18.2. The molecule has 0 radical (unpaired) electrons. The van der Waals surface area contributed by atoms with E-state index in [1.807, 2.05) is 0 Å². The van der Waals surface area contributed by atoms with Crippen molar-refractivity contribution < 1.29 is 28.3 Å². The molecule has 3 amide bonds. The second-order valence-electron chi connectivity index (χ2n) is 7.00. The van der Waals surface area contributed by atoms with Gasteiger partial charge in [-0.25, -0.2) is 9.18 Å². The minimum Gasteiger partial charge on any atom is -0.449 e. The van der Waals surface area contributed by atoms with Crippen LogP contribution in [0, 0.1) is 5.82 Å². The van der Waals surface area contributed by atoms with Gasteiger partial charge < -0.3 is 10.1 Å². The van der Waals surface area contributed by atoms with E-state index in [-0.39, 0.29) is 36.0 Å². The molecule has 1 saturated heterocycles. The topological polar surface area (TPSA) is 92.8 Å². The lowest BCUT2D eigenvalue weighted by Gasteiger charge is -2.18. The predicted molar refractivity (Wildman–Crippen MR) is 106 cm³/mol. The molecule has 7 nitrogen and oxygen atoms in total. The van der Waals surface area contributed by atoms with Crippen LogP contribution in [-0.2, 0) is 19.1 Å². The summed E-state index contributed by atoms with van der Waals surface area (Å²) in [5.41, 5.74) is 1.28. The van der Waals surface area contributed by atoms with Gasteiger partial charge in [-0.3, -0.25) is 19.3 Å². The van der Waals surface area contributed by atoms with Gasteiger partial charge in [0.15, 0.2) is 6.10 Å². The smallest absolute Gasteiger partial charge is 0.338 e. The van der Waals surface area contributed by atoms with Crippen molar-refractivity contribution in [1.29, 1.82) is 0 Å². The van der Waals surface area contributed by atoms with Gasteiger partial charge in [-0.2, -0.15) is 0 Å². The first-order chi connectivity index (χ1) is 14.3. The number of anilines is 1. The highest BCUT2D eigenvalue weighted by Gasteiger charge is 2.30. The van der Waals surface area contributed by atoms with Crippen LogP contribution >= 0.6 is 0 Å². The van der Waals surface area contributed by atoms with E-state index in [9.17, 15) is 23.6 Å². The standard InChI is InChI=1S/C22H21FN2O5/c1-13(15-3-7-17(23)8-4-15)24-21(28)14(2)30-22(29)16-5-9-18(10-6-16)25-19(26)11-12-20(25)27/h3-10,13-14H,11-12H2,1-2H3,(H,24,28). The number of esters is 1. The SMILES string of the molecule is CC(OC(=O)c1ccc(N2C(=O)CCC2=O)cc1)C(=O)NC(C)c1ccc(F)cc1. The van der Waals surface area contributed by atoms with Gasteiger partial charge in [-0.1, -0.05) is 12.1 Å². The molecule has 1 aliphatic rings. The number of hydrogen-bond donors (Lipinski definition) is 1. The molecule has 2 aromatic carbocycles. The maximum Gasteiger partial charge on any atom is 0.338 e. The Bertz CT molecular complexity index is 956.